The molecule has 1 aromatic heterocycles. The van der Waals surface area contributed by atoms with Gasteiger partial charge in [-0.15, -0.1) is 0 Å². The van der Waals surface area contributed by atoms with Crippen molar-refractivity contribution >= 4 is 15.9 Å². The molecule has 0 aliphatic heterocycles. The molecule has 0 radical (unpaired) electrons. The molecule has 0 spiro atoms. The fourth-order valence-corrected chi connectivity index (χ4v) is 2.20. The molecule has 4 nitrogen and oxygen atoms in total. The Bertz CT molecular complexity index is 530. The second-order valence-electron chi connectivity index (χ2n) is 5.13. The molecule has 5 heteroatoms. The Labute approximate surface area is 134 Å². The van der Waals surface area contributed by atoms with E-state index in [2.05, 4.69) is 40.1 Å². The van der Waals surface area contributed by atoms with Gasteiger partial charge >= 0.3 is 0 Å². The lowest BCUT2D eigenvalue weighted by atomic mass is 10.2. The predicted molar refractivity (Wildman–Crippen MR) is 86.2 cm³/mol. The van der Waals surface area contributed by atoms with Crippen molar-refractivity contribution in [2.24, 2.45) is 0 Å². The van der Waals surface area contributed by atoms with Gasteiger partial charge in [0.25, 0.3) is 0 Å². The lowest BCUT2D eigenvalue weighted by Gasteiger charge is -2.17. The van der Waals surface area contributed by atoms with E-state index in [0.29, 0.717) is 19.8 Å². The van der Waals surface area contributed by atoms with Crippen molar-refractivity contribution in [3.05, 3.63) is 52.8 Å². The van der Waals surface area contributed by atoms with E-state index in [0.717, 1.165) is 4.47 Å². The van der Waals surface area contributed by atoms with Crippen LogP contribution in [0.25, 0.3) is 0 Å². The van der Waals surface area contributed by atoms with Crippen LogP contribution >= 0.6 is 15.9 Å². The second-order valence-corrected chi connectivity index (χ2v) is 6.05. The average Bonchev–Trinajstić information content (AvgIpc) is 2.92. The number of benzene rings is 1. The maximum Gasteiger partial charge on any atom is 0.0781 e. The first-order valence-corrected chi connectivity index (χ1v) is 7.87. The summed E-state index contributed by atoms with van der Waals surface area (Å²) >= 11 is 3.39. The van der Waals surface area contributed by atoms with Gasteiger partial charge in [0.1, 0.15) is 0 Å². The topological polar surface area (TPSA) is 36.3 Å². The van der Waals surface area contributed by atoms with Crippen LogP contribution in [-0.4, -0.2) is 29.1 Å². The number of hydrogen-bond acceptors (Lipinski definition) is 3. The normalized spacial score (nSPS) is 14.0. The molecule has 0 amide bonds. The van der Waals surface area contributed by atoms with E-state index in [1.807, 2.05) is 36.0 Å². The molecule has 0 saturated carbocycles. The number of aromatic nitrogens is 2. The van der Waals surface area contributed by atoms with Gasteiger partial charge in [0.15, 0.2) is 0 Å². The Morgan fingerprint density at radius 1 is 1.19 bits per heavy atom. The van der Waals surface area contributed by atoms with Crippen LogP contribution in [0.5, 0.6) is 0 Å². The summed E-state index contributed by atoms with van der Waals surface area (Å²) in [4.78, 5) is 0. The SMILES string of the molecule is C[C@H](CO[C@@H](C)COCc1ccccc1)n1cc(Br)cn1. The van der Waals surface area contributed by atoms with Crippen molar-refractivity contribution in [1.82, 2.24) is 9.78 Å². The molecule has 1 aromatic carbocycles. The van der Waals surface area contributed by atoms with Gasteiger partial charge in [0.2, 0.25) is 0 Å². The molecule has 21 heavy (non-hydrogen) atoms. The Hall–Kier alpha value is -1.17. The molecule has 0 unspecified atom stereocenters. The minimum atomic E-state index is 0.0650. The fraction of sp³-hybridized carbons (Fsp3) is 0.438. The number of hydrogen-bond donors (Lipinski definition) is 0. The van der Waals surface area contributed by atoms with Gasteiger partial charge in [0, 0.05) is 6.20 Å². The quantitative estimate of drug-likeness (QED) is 0.724. The molecule has 1 heterocycles. The minimum Gasteiger partial charge on any atom is -0.374 e. The van der Waals surface area contributed by atoms with E-state index >= 15 is 0 Å². The molecule has 0 N–H and O–H groups in total. The molecule has 2 rings (SSSR count). The lowest BCUT2D eigenvalue weighted by Crippen LogP contribution is -2.21. The van der Waals surface area contributed by atoms with Crippen LogP contribution in [-0.2, 0) is 16.1 Å². The van der Waals surface area contributed by atoms with E-state index in [9.17, 15) is 0 Å². The summed E-state index contributed by atoms with van der Waals surface area (Å²) in [6.07, 6.45) is 3.79. The van der Waals surface area contributed by atoms with Crippen LogP contribution in [0.1, 0.15) is 25.5 Å². The maximum absolute atomic E-state index is 5.80. The van der Waals surface area contributed by atoms with Crippen molar-refractivity contribution in [1.29, 1.82) is 0 Å². The molecule has 0 fully saturated rings. The second kappa shape index (κ2) is 8.32. The third-order valence-corrected chi connectivity index (χ3v) is 3.52. The minimum absolute atomic E-state index is 0.0650. The van der Waals surface area contributed by atoms with Gasteiger partial charge < -0.3 is 9.47 Å². The summed E-state index contributed by atoms with van der Waals surface area (Å²) in [5.74, 6) is 0. The predicted octanol–water partition coefficient (Wildman–Crippen LogP) is 3.83. The molecule has 0 aliphatic rings. The highest BCUT2D eigenvalue weighted by Gasteiger charge is 2.09. The van der Waals surface area contributed by atoms with E-state index in [-0.39, 0.29) is 12.1 Å². The van der Waals surface area contributed by atoms with Crippen LogP contribution in [0.2, 0.25) is 0 Å². The molecular weight excluding hydrogens is 332 g/mol. The number of nitrogens with zero attached hydrogens (tertiary/aromatic N) is 2. The molecule has 0 bridgehead atoms. The number of ether oxygens (including phenoxy) is 2. The molecule has 2 aromatic rings. The van der Waals surface area contributed by atoms with Crippen molar-refractivity contribution in [3.63, 3.8) is 0 Å². The zero-order chi connectivity index (χ0) is 15.1. The summed E-state index contributed by atoms with van der Waals surface area (Å²) < 4.78 is 14.3. The summed E-state index contributed by atoms with van der Waals surface area (Å²) in [6.45, 7) is 5.93. The fourth-order valence-electron chi connectivity index (χ4n) is 1.90. The summed E-state index contributed by atoms with van der Waals surface area (Å²) in [5, 5.41) is 4.25. The van der Waals surface area contributed by atoms with Gasteiger partial charge in [-0.1, -0.05) is 30.3 Å². The zero-order valence-electron chi connectivity index (χ0n) is 12.4. The monoisotopic (exact) mass is 352 g/mol. The van der Waals surface area contributed by atoms with Crippen LogP contribution < -0.4 is 0 Å². The van der Waals surface area contributed by atoms with E-state index in [4.69, 9.17) is 9.47 Å². The highest BCUT2D eigenvalue weighted by atomic mass is 79.9. The van der Waals surface area contributed by atoms with Crippen LogP contribution in [0.15, 0.2) is 47.2 Å². The Balaban J connectivity index is 1.64. The maximum atomic E-state index is 5.80. The first kappa shape index (κ1) is 16.2. The summed E-state index contributed by atoms with van der Waals surface area (Å²) in [6, 6.07) is 10.4. The third-order valence-electron chi connectivity index (χ3n) is 3.11. The van der Waals surface area contributed by atoms with Gasteiger partial charge in [-0.3, -0.25) is 4.68 Å². The summed E-state index contributed by atoms with van der Waals surface area (Å²) in [5.41, 5.74) is 1.18. The molecule has 114 valence electrons. The van der Waals surface area contributed by atoms with Crippen LogP contribution in [0.3, 0.4) is 0 Å². The first-order chi connectivity index (χ1) is 10.1. The number of rotatable bonds is 8. The largest absolute Gasteiger partial charge is 0.374 e. The highest BCUT2D eigenvalue weighted by molar-refractivity contribution is 9.10. The van der Waals surface area contributed by atoms with Gasteiger partial charge in [-0.05, 0) is 35.3 Å². The van der Waals surface area contributed by atoms with E-state index in [1.54, 1.807) is 6.20 Å². The van der Waals surface area contributed by atoms with E-state index < -0.39 is 0 Å². The van der Waals surface area contributed by atoms with Crippen molar-refractivity contribution in [2.75, 3.05) is 13.2 Å². The van der Waals surface area contributed by atoms with Crippen LogP contribution in [0.4, 0.5) is 0 Å². The van der Waals surface area contributed by atoms with Gasteiger partial charge in [0.05, 0.1) is 42.6 Å². The summed E-state index contributed by atoms with van der Waals surface area (Å²) in [7, 11) is 0. The Kier molecular flexibility index (Phi) is 6.42. The van der Waals surface area contributed by atoms with Gasteiger partial charge in [-0.25, -0.2) is 0 Å². The molecular formula is C16H21BrN2O2. The number of halogens is 1. The first-order valence-electron chi connectivity index (χ1n) is 7.08. The van der Waals surface area contributed by atoms with Crippen molar-refractivity contribution in [2.45, 2.75) is 32.6 Å². The zero-order valence-corrected chi connectivity index (χ0v) is 14.0. The van der Waals surface area contributed by atoms with Crippen molar-refractivity contribution < 1.29 is 9.47 Å². The molecule has 0 aliphatic carbocycles. The standard InChI is InChI=1S/C16H21BrN2O2/c1-13(19-9-16(17)8-18-19)10-21-14(2)11-20-12-15-6-4-3-5-7-15/h3-9,13-14H,10-12H2,1-2H3/t13-,14+/m1/s1. The Morgan fingerprint density at radius 2 is 1.95 bits per heavy atom. The highest BCUT2D eigenvalue weighted by Crippen LogP contribution is 2.12. The average molecular weight is 353 g/mol. The lowest BCUT2D eigenvalue weighted by molar-refractivity contribution is -0.0221. The molecule has 0 saturated heterocycles. The molecule has 2 atom stereocenters. The van der Waals surface area contributed by atoms with Gasteiger partial charge in [-0.2, -0.15) is 5.10 Å². The smallest absolute Gasteiger partial charge is 0.0781 e. The van der Waals surface area contributed by atoms with Crippen molar-refractivity contribution in [3.8, 4) is 0 Å². The van der Waals surface area contributed by atoms with Crippen LogP contribution in [0, 0.1) is 0 Å². The third kappa shape index (κ3) is 5.61. The van der Waals surface area contributed by atoms with E-state index in [1.165, 1.54) is 5.56 Å². The Morgan fingerprint density at radius 3 is 2.62 bits per heavy atom.